The Morgan fingerprint density at radius 2 is 2.12 bits per heavy atom. The molecule has 1 aliphatic carbocycles. The van der Waals surface area contributed by atoms with Crippen molar-refractivity contribution in [2.24, 2.45) is 0 Å². The van der Waals surface area contributed by atoms with E-state index >= 15 is 0 Å². The first kappa shape index (κ1) is 12.4. The summed E-state index contributed by atoms with van der Waals surface area (Å²) in [5.74, 6) is 0.257. The number of aromatic amines is 1. The molecular weight excluding hydrogens is 240 g/mol. The molecule has 0 aromatic carbocycles. The quantitative estimate of drug-likeness (QED) is 0.855. The van der Waals surface area contributed by atoms with E-state index in [1.807, 2.05) is 0 Å². The maximum atomic E-state index is 12.1. The SMILES string of the molecule is CN(C1CCCCC1)S(=O)(=O)Nc1ncc[nH]1. The van der Waals surface area contributed by atoms with Gasteiger partial charge in [0.25, 0.3) is 0 Å². The number of nitrogens with one attached hydrogen (secondary N) is 2. The highest BCUT2D eigenvalue weighted by Gasteiger charge is 2.27. The number of anilines is 1. The van der Waals surface area contributed by atoms with Gasteiger partial charge >= 0.3 is 10.2 Å². The molecule has 6 nitrogen and oxygen atoms in total. The van der Waals surface area contributed by atoms with Crippen molar-refractivity contribution in [1.82, 2.24) is 14.3 Å². The molecule has 0 bridgehead atoms. The summed E-state index contributed by atoms with van der Waals surface area (Å²) in [6.07, 6.45) is 8.38. The molecule has 1 aliphatic rings. The third-order valence-electron chi connectivity index (χ3n) is 3.19. The van der Waals surface area contributed by atoms with E-state index < -0.39 is 10.2 Å². The molecule has 17 heavy (non-hydrogen) atoms. The van der Waals surface area contributed by atoms with Gasteiger partial charge in [-0.15, -0.1) is 0 Å². The van der Waals surface area contributed by atoms with E-state index in [9.17, 15) is 8.42 Å². The van der Waals surface area contributed by atoms with Crippen LogP contribution in [-0.2, 0) is 10.2 Å². The fourth-order valence-corrected chi connectivity index (χ4v) is 3.26. The lowest BCUT2D eigenvalue weighted by atomic mass is 9.96. The van der Waals surface area contributed by atoms with Crippen molar-refractivity contribution in [2.75, 3.05) is 11.8 Å². The standard InChI is InChI=1S/C10H18N4O2S/c1-14(9-5-3-2-4-6-9)17(15,16)13-10-11-7-8-12-10/h7-9H,2-6H2,1H3,(H2,11,12,13). The van der Waals surface area contributed by atoms with Gasteiger partial charge in [-0.2, -0.15) is 12.7 Å². The van der Waals surface area contributed by atoms with Gasteiger partial charge in [-0.05, 0) is 12.8 Å². The van der Waals surface area contributed by atoms with Crippen LogP contribution in [0.1, 0.15) is 32.1 Å². The molecular formula is C10H18N4O2S. The van der Waals surface area contributed by atoms with Crippen molar-refractivity contribution in [3.8, 4) is 0 Å². The van der Waals surface area contributed by atoms with Gasteiger partial charge < -0.3 is 4.98 Å². The second-order valence-electron chi connectivity index (χ2n) is 4.35. The number of aromatic nitrogens is 2. The Labute approximate surface area is 102 Å². The van der Waals surface area contributed by atoms with Crippen molar-refractivity contribution in [1.29, 1.82) is 0 Å². The Hall–Kier alpha value is -1.08. The summed E-state index contributed by atoms with van der Waals surface area (Å²) in [6.45, 7) is 0. The highest BCUT2D eigenvalue weighted by Crippen LogP contribution is 2.23. The topological polar surface area (TPSA) is 78.1 Å². The number of hydrogen-bond acceptors (Lipinski definition) is 3. The molecule has 0 aliphatic heterocycles. The summed E-state index contributed by atoms with van der Waals surface area (Å²) >= 11 is 0. The van der Waals surface area contributed by atoms with Gasteiger partial charge in [-0.1, -0.05) is 19.3 Å². The average Bonchev–Trinajstić information content (AvgIpc) is 2.81. The van der Waals surface area contributed by atoms with Crippen LogP contribution in [-0.4, -0.2) is 35.8 Å². The van der Waals surface area contributed by atoms with Gasteiger partial charge in [0, 0.05) is 25.5 Å². The van der Waals surface area contributed by atoms with E-state index in [1.54, 1.807) is 13.2 Å². The summed E-state index contributed by atoms with van der Waals surface area (Å²) < 4.78 is 28.0. The van der Waals surface area contributed by atoms with Crippen LogP contribution in [0.3, 0.4) is 0 Å². The minimum Gasteiger partial charge on any atom is -0.330 e. The average molecular weight is 258 g/mol. The van der Waals surface area contributed by atoms with Crippen LogP contribution in [0.4, 0.5) is 5.95 Å². The summed E-state index contributed by atoms with van der Waals surface area (Å²) in [5.41, 5.74) is 0. The van der Waals surface area contributed by atoms with E-state index in [-0.39, 0.29) is 12.0 Å². The van der Waals surface area contributed by atoms with Gasteiger partial charge in [-0.25, -0.2) is 9.71 Å². The molecule has 2 rings (SSSR count). The molecule has 0 radical (unpaired) electrons. The normalized spacial score (nSPS) is 18.5. The van der Waals surface area contributed by atoms with Crippen LogP contribution < -0.4 is 4.72 Å². The number of hydrogen-bond donors (Lipinski definition) is 2. The zero-order valence-corrected chi connectivity index (χ0v) is 10.7. The molecule has 7 heteroatoms. The second kappa shape index (κ2) is 5.05. The van der Waals surface area contributed by atoms with Crippen LogP contribution in [0.2, 0.25) is 0 Å². The largest absolute Gasteiger partial charge is 0.330 e. The van der Waals surface area contributed by atoms with Crippen LogP contribution in [0.5, 0.6) is 0 Å². The van der Waals surface area contributed by atoms with Crippen LogP contribution in [0, 0.1) is 0 Å². The van der Waals surface area contributed by atoms with Crippen molar-refractivity contribution in [2.45, 2.75) is 38.1 Å². The fraction of sp³-hybridized carbons (Fsp3) is 0.700. The van der Waals surface area contributed by atoms with Gasteiger partial charge in [0.1, 0.15) is 0 Å². The van der Waals surface area contributed by atoms with E-state index in [0.29, 0.717) is 0 Å². The number of H-pyrrole nitrogens is 1. The molecule has 1 fully saturated rings. The lowest BCUT2D eigenvalue weighted by Crippen LogP contribution is -2.41. The summed E-state index contributed by atoms with van der Waals surface area (Å²) in [4.78, 5) is 6.58. The molecule has 1 aromatic heterocycles. The molecule has 1 heterocycles. The van der Waals surface area contributed by atoms with E-state index in [1.165, 1.54) is 16.9 Å². The smallest absolute Gasteiger partial charge is 0.303 e. The Morgan fingerprint density at radius 3 is 2.71 bits per heavy atom. The number of nitrogens with zero attached hydrogens (tertiary/aromatic N) is 2. The zero-order valence-electron chi connectivity index (χ0n) is 9.89. The predicted octanol–water partition coefficient (Wildman–Crippen LogP) is 1.33. The first-order valence-corrected chi connectivity index (χ1v) is 7.29. The Morgan fingerprint density at radius 1 is 1.41 bits per heavy atom. The van der Waals surface area contributed by atoms with E-state index in [4.69, 9.17) is 0 Å². The first-order chi connectivity index (χ1) is 8.09. The molecule has 0 saturated heterocycles. The third kappa shape index (κ3) is 2.98. The molecule has 0 amide bonds. The van der Waals surface area contributed by atoms with E-state index in [0.717, 1.165) is 25.7 Å². The maximum absolute atomic E-state index is 12.1. The maximum Gasteiger partial charge on any atom is 0.303 e. The Bertz CT molecular complexity index is 437. The molecule has 1 saturated carbocycles. The molecule has 0 spiro atoms. The van der Waals surface area contributed by atoms with Gasteiger partial charge in [0.2, 0.25) is 5.95 Å². The third-order valence-corrected chi connectivity index (χ3v) is 4.70. The highest BCUT2D eigenvalue weighted by atomic mass is 32.2. The van der Waals surface area contributed by atoms with Crippen LogP contribution >= 0.6 is 0 Å². The van der Waals surface area contributed by atoms with Crippen LogP contribution in [0.25, 0.3) is 0 Å². The zero-order chi connectivity index (χ0) is 12.3. The first-order valence-electron chi connectivity index (χ1n) is 5.85. The second-order valence-corrected chi connectivity index (χ2v) is 6.08. The molecule has 2 N–H and O–H groups in total. The number of imidazole rings is 1. The monoisotopic (exact) mass is 258 g/mol. The van der Waals surface area contributed by atoms with Crippen molar-refractivity contribution < 1.29 is 8.42 Å². The fourth-order valence-electron chi connectivity index (χ4n) is 2.16. The highest BCUT2D eigenvalue weighted by molar-refractivity contribution is 7.90. The number of rotatable bonds is 4. The summed E-state index contributed by atoms with van der Waals surface area (Å²) in [5, 5.41) is 0. The lowest BCUT2D eigenvalue weighted by Gasteiger charge is -2.30. The van der Waals surface area contributed by atoms with Crippen molar-refractivity contribution in [3.05, 3.63) is 12.4 Å². The summed E-state index contributed by atoms with van der Waals surface area (Å²) in [7, 11) is -1.87. The summed E-state index contributed by atoms with van der Waals surface area (Å²) in [6, 6.07) is 0.108. The minimum absolute atomic E-state index is 0.108. The Balaban J connectivity index is 2.03. The Kier molecular flexibility index (Phi) is 3.68. The van der Waals surface area contributed by atoms with Crippen molar-refractivity contribution in [3.63, 3.8) is 0 Å². The molecule has 0 atom stereocenters. The van der Waals surface area contributed by atoms with Crippen molar-refractivity contribution >= 4 is 16.2 Å². The van der Waals surface area contributed by atoms with Gasteiger partial charge in [0.05, 0.1) is 0 Å². The van der Waals surface area contributed by atoms with E-state index in [2.05, 4.69) is 14.7 Å². The van der Waals surface area contributed by atoms with Crippen LogP contribution in [0.15, 0.2) is 12.4 Å². The molecule has 0 unspecified atom stereocenters. The van der Waals surface area contributed by atoms with Gasteiger partial charge in [0.15, 0.2) is 0 Å². The lowest BCUT2D eigenvalue weighted by molar-refractivity contribution is 0.287. The molecule has 96 valence electrons. The van der Waals surface area contributed by atoms with Gasteiger partial charge in [-0.3, -0.25) is 0 Å². The predicted molar refractivity (Wildman–Crippen MR) is 65.8 cm³/mol. The minimum atomic E-state index is -3.49. The molecule has 1 aromatic rings.